The van der Waals surface area contributed by atoms with E-state index < -0.39 is 6.04 Å². The Bertz CT molecular complexity index is 1160. The topological polar surface area (TPSA) is 59.1 Å². The molecule has 6 heteroatoms. The summed E-state index contributed by atoms with van der Waals surface area (Å²) in [4.78, 5) is 30.6. The summed E-state index contributed by atoms with van der Waals surface area (Å²) in [5.41, 5.74) is 4.06. The first-order valence-electron chi connectivity index (χ1n) is 10.4. The minimum Gasteiger partial charge on any atom is -0.497 e. The maximum Gasteiger partial charge on any atom is 0.255 e. The van der Waals surface area contributed by atoms with Gasteiger partial charge in [0.25, 0.3) is 5.91 Å². The van der Waals surface area contributed by atoms with Crippen molar-refractivity contribution in [1.29, 1.82) is 0 Å². The zero-order valence-electron chi connectivity index (χ0n) is 18.7. The van der Waals surface area contributed by atoms with Gasteiger partial charge in [0.05, 0.1) is 19.9 Å². The van der Waals surface area contributed by atoms with E-state index in [1.165, 1.54) is 0 Å². The number of nitrogens with zero attached hydrogens (tertiary/aromatic N) is 2. The van der Waals surface area contributed by atoms with Crippen molar-refractivity contribution in [1.82, 2.24) is 0 Å². The van der Waals surface area contributed by atoms with E-state index in [0.717, 1.165) is 16.8 Å². The van der Waals surface area contributed by atoms with Crippen LogP contribution in [0.15, 0.2) is 66.7 Å². The fraction of sp³-hybridized carbons (Fsp3) is 0.231. The number of hydrogen-bond donors (Lipinski definition) is 0. The molecule has 32 heavy (non-hydrogen) atoms. The molecule has 1 atom stereocenters. The third-order valence-electron chi connectivity index (χ3n) is 5.96. The Morgan fingerprint density at radius 2 is 1.50 bits per heavy atom. The van der Waals surface area contributed by atoms with Crippen LogP contribution in [0.1, 0.15) is 22.7 Å². The minimum atomic E-state index is -0.835. The molecule has 6 nitrogen and oxygen atoms in total. The van der Waals surface area contributed by atoms with Crippen LogP contribution in [0.2, 0.25) is 0 Å². The smallest absolute Gasteiger partial charge is 0.255 e. The lowest BCUT2D eigenvalue weighted by molar-refractivity contribution is -0.128. The number of para-hydroxylation sites is 2. The number of methoxy groups -OCH3 is 2. The summed E-state index contributed by atoms with van der Waals surface area (Å²) in [5.74, 6) is 0.858. The van der Waals surface area contributed by atoms with Gasteiger partial charge in [0.2, 0.25) is 5.91 Å². The summed E-state index contributed by atoms with van der Waals surface area (Å²) in [6.45, 7) is 3.92. The van der Waals surface area contributed by atoms with Gasteiger partial charge in [-0.05, 0) is 60.9 Å². The first kappa shape index (κ1) is 21.4. The normalized spacial score (nSPS) is 16.3. The predicted octanol–water partition coefficient (Wildman–Crippen LogP) is 4.44. The summed E-state index contributed by atoms with van der Waals surface area (Å²) in [6, 6.07) is 19.4. The first-order chi connectivity index (χ1) is 15.5. The molecule has 4 rings (SSSR count). The molecule has 1 saturated heterocycles. The van der Waals surface area contributed by atoms with E-state index in [4.69, 9.17) is 9.47 Å². The summed E-state index contributed by atoms with van der Waals surface area (Å²) in [5, 5.41) is 0. The highest BCUT2D eigenvalue weighted by molar-refractivity contribution is 6.15. The van der Waals surface area contributed by atoms with Crippen LogP contribution in [0.4, 0.5) is 11.4 Å². The monoisotopic (exact) mass is 430 g/mol. The molecule has 164 valence electrons. The zero-order chi connectivity index (χ0) is 22.8. The molecule has 0 bridgehead atoms. The van der Waals surface area contributed by atoms with Crippen LogP contribution in [-0.2, 0) is 9.59 Å². The van der Waals surface area contributed by atoms with Gasteiger partial charge < -0.3 is 14.4 Å². The number of rotatable bonds is 5. The second-order valence-corrected chi connectivity index (χ2v) is 7.75. The Morgan fingerprint density at radius 1 is 0.812 bits per heavy atom. The van der Waals surface area contributed by atoms with Crippen LogP contribution in [0.25, 0.3) is 0 Å². The largest absolute Gasteiger partial charge is 0.497 e. The number of hydrogen-bond acceptors (Lipinski definition) is 4. The Morgan fingerprint density at radius 3 is 2.19 bits per heavy atom. The third kappa shape index (κ3) is 3.68. The molecule has 1 heterocycles. The molecule has 2 amide bonds. The van der Waals surface area contributed by atoms with E-state index in [-0.39, 0.29) is 18.4 Å². The lowest BCUT2D eigenvalue weighted by atomic mass is 9.98. The third-order valence-corrected chi connectivity index (χ3v) is 5.96. The molecule has 3 aromatic rings. The number of amides is 2. The highest BCUT2D eigenvalue weighted by Gasteiger charge is 2.43. The summed E-state index contributed by atoms with van der Waals surface area (Å²) in [6.07, 6.45) is 0. The standard InChI is InChI=1S/C26H26N2O4/c1-17-8-7-10-21(18(17)2)27-16-24(29)28(22-9-5-6-11-23(22)32-4)25(26(27)30)19-12-14-20(31-3)15-13-19/h5-15,25H,16H2,1-4H3. The van der Waals surface area contributed by atoms with Crippen molar-refractivity contribution in [3.05, 3.63) is 83.4 Å². The van der Waals surface area contributed by atoms with Crippen LogP contribution in [0, 0.1) is 13.8 Å². The van der Waals surface area contributed by atoms with Gasteiger partial charge in [-0.3, -0.25) is 14.5 Å². The number of benzene rings is 3. The molecular weight excluding hydrogens is 404 g/mol. The maximum absolute atomic E-state index is 13.9. The van der Waals surface area contributed by atoms with Gasteiger partial charge in [-0.2, -0.15) is 0 Å². The number of carbonyl (C=O) groups excluding carboxylic acids is 2. The van der Waals surface area contributed by atoms with Gasteiger partial charge in [-0.1, -0.05) is 36.4 Å². The van der Waals surface area contributed by atoms with Gasteiger partial charge in [-0.25, -0.2) is 0 Å². The molecular formula is C26H26N2O4. The zero-order valence-corrected chi connectivity index (χ0v) is 18.7. The predicted molar refractivity (Wildman–Crippen MR) is 124 cm³/mol. The highest BCUT2D eigenvalue weighted by atomic mass is 16.5. The molecule has 0 spiro atoms. The number of ether oxygens (including phenoxy) is 2. The quantitative estimate of drug-likeness (QED) is 0.600. The highest BCUT2D eigenvalue weighted by Crippen LogP contribution is 2.39. The van der Waals surface area contributed by atoms with Crippen LogP contribution in [-0.4, -0.2) is 32.6 Å². The molecule has 0 aromatic heterocycles. The lowest BCUT2D eigenvalue weighted by Crippen LogP contribution is -2.56. The van der Waals surface area contributed by atoms with Crippen molar-refractivity contribution in [3.63, 3.8) is 0 Å². The molecule has 1 aliphatic rings. The Labute approximate surface area is 188 Å². The van der Waals surface area contributed by atoms with E-state index in [1.807, 2.05) is 56.3 Å². The van der Waals surface area contributed by atoms with Crippen molar-refractivity contribution in [2.45, 2.75) is 19.9 Å². The molecule has 3 aromatic carbocycles. The fourth-order valence-corrected chi connectivity index (χ4v) is 4.10. The molecule has 1 fully saturated rings. The van der Waals surface area contributed by atoms with Crippen molar-refractivity contribution < 1.29 is 19.1 Å². The Kier molecular flexibility index (Phi) is 5.86. The summed E-state index contributed by atoms with van der Waals surface area (Å²) in [7, 11) is 3.15. The molecule has 0 radical (unpaired) electrons. The van der Waals surface area contributed by atoms with Crippen molar-refractivity contribution in [3.8, 4) is 11.5 Å². The molecule has 0 saturated carbocycles. The Hall–Kier alpha value is -3.80. The SMILES string of the molecule is COc1ccc(C2C(=O)N(c3cccc(C)c3C)CC(=O)N2c2ccccc2OC)cc1. The van der Waals surface area contributed by atoms with Gasteiger partial charge in [0.15, 0.2) is 0 Å². The molecule has 0 aliphatic carbocycles. The van der Waals surface area contributed by atoms with E-state index >= 15 is 0 Å². The van der Waals surface area contributed by atoms with Gasteiger partial charge >= 0.3 is 0 Å². The van der Waals surface area contributed by atoms with Crippen LogP contribution < -0.4 is 19.3 Å². The van der Waals surface area contributed by atoms with Crippen molar-refractivity contribution in [2.75, 3.05) is 30.6 Å². The van der Waals surface area contributed by atoms with E-state index in [0.29, 0.717) is 22.7 Å². The van der Waals surface area contributed by atoms with E-state index in [1.54, 1.807) is 48.3 Å². The number of anilines is 2. The van der Waals surface area contributed by atoms with E-state index in [9.17, 15) is 9.59 Å². The molecule has 1 aliphatic heterocycles. The second kappa shape index (κ2) is 8.75. The molecule has 1 unspecified atom stereocenters. The number of aryl methyl sites for hydroxylation is 1. The second-order valence-electron chi connectivity index (χ2n) is 7.75. The summed E-state index contributed by atoms with van der Waals surface area (Å²) < 4.78 is 10.8. The van der Waals surface area contributed by atoms with E-state index in [2.05, 4.69) is 0 Å². The van der Waals surface area contributed by atoms with Crippen molar-refractivity contribution >= 4 is 23.2 Å². The minimum absolute atomic E-state index is 0.0478. The van der Waals surface area contributed by atoms with Crippen LogP contribution >= 0.6 is 0 Å². The Balaban J connectivity index is 1.86. The average molecular weight is 431 g/mol. The fourth-order valence-electron chi connectivity index (χ4n) is 4.10. The van der Waals surface area contributed by atoms with Crippen LogP contribution in [0.3, 0.4) is 0 Å². The lowest BCUT2D eigenvalue weighted by Gasteiger charge is -2.41. The van der Waals surface area contributed by atoms with Gasteiger partial charge in [0, 0.05) is 5.69 Å². The van der Waals surface area contributed by atoms with Gasteiger partial charge in [0.1, 0.15) is 24.1 Å². The van der Waals surface area contributed by atoms with Crippen LogP contribution in [0.5, 0.6) is 11.5 Å². The number of carbonyl (C=O) groups is 2. The molecule has 0 N–H and O–H groups in total. The first-order valence-corrected chi connectivity index (χ1v) is 10.4. The maximum atomic E-state index is 13.9. The summed E-state index contributed by atoms with van der Waals surface area (Å²) >= 11 is 0. The number of piperazine rings is 1. The van der Waals surface area contributed by atoms with Crippen molar-refractivity contribution in [2.24, 2.45) is 0 Å². The van der Waals surface area contributed by atoms with Gasteiger partial charge in [-0.15, -0.1) is 0 Å². The average Bonchev–Trinajstić information content (AvgIpc) is 2.82.